The maximum absolute atomic E-state index is 12.1. The number of likely N-dealkylation sites (tertiary alicyclic amines) is 1. The molecule has 0 unspecified atom stereocenters. The summed E-state index contributed by atoms with van der Waals surface area (Å²) in [5.41, 5.74) is 1.94. The van der Waals surface area contributed by atoms with Gasteiger partial charge in [0.2, 0.25) is 0 Å². The zero-order chi connectivity index (χ0) is 15.4. The first-order chi connectivity index (χ1) is 10.7. The molecule has 0 spiro atoms. The Morgan fingerprint density at radius 3 is 2.95 bits per heavy atom. The second-order valence-electron chi connectivity index (χ2n) is 5.64. The van der Waals surface area contributed by atoms with Crippen molar-refractivity contribution in [2.24, 2.45) is 0 Å². The van der Waals surface area contributed by atoms with E-state index >= 15 is 0 Å². The van der Waals surface area contributed by atoms with Gasteiger partial charge in [0.15, 0.2) is 0 Å². The number of amides is 2. The molecule has 0 bridgehead atoms. The lowest BCUT2D eigenvalue weighted by Gasteiger charge is -2.30. The number of aromatic nitrogens is 1. The summed E-state index contributed by atoms with van der Waals surface area (Å²) in [6, 6.07) is 11.9. The van der Waals surface area contributed by atoms with Crippen LogP contribution in [0, 0.1) is 0 Å². The van der Waals surface area contributed by atoms with Crippen LogP contribution < -0.4 is 10.6 Å². The molecule has 1 aromatic heterocycles. The van der Waals surface area contributed by atoms with Crippen LogP contribution in [0.5, 0.6) is 0 Å². The molecule has 1 aromatic carbocycles. The molecule has 1 atom stereocenters. The van der Waals surface area contributed by atoms with Crippen molar-refractivity contribution in [2.75, 3.05) is 25.5 Å². The highest BCUT2D eigenvalue weighted by molar-refractivity contribution is 7.10. The van der Waals surface area contributed by atoms with E-state index in [1.807, 2.05) is 36.4 Å². The lowest BCUT2D eigenvalue weighted by molar-refractivity contribution is 0.216. The van der Waals surface area contributed by atoms with Gasteiger partial charge in [0.25, 0.3) is 0 Å². The van der Waals surface area contributed by atoms with Crippen molar-refractivity contribution < 1.29 is 4.79 Å². The third-order valence-electron chi connectivity index (χ3n) is 3.78. The van der Waals surface area contributed by atoms with E-state index in [-0.39, 0.29) is 12.1 Å². The summed E-state index contributed by atoms with van der Waals surface area (Å²) < 4.78 is 4.39. The van der Waals surface area contributed by atoms with Crippen LogP contribution in [0.4, 0.5) is 9.80 Å². The Bertz CT molecular complexity index is 628. The molecule has 22 heavy (non-hydrogen) atoms. The Hall–Kier alpha value is -1.92. The number of piperidine rings is 1. The van der Waals surface area contributed by atoms with E-state index in [0.29, 0.717) is 0 Å². The van der Waals surface area contributed by atoms with Gasteiger partial charge in [-0.25, -0.2) is 4.79 Å². The average Bonchev–Trinajstić information content (AvgIpc) is 2.96. The van der Waals surface area contributed by atoms with Crippen LogP contribution in [0.25, 0.3) is 11.3 Å². The Kier molecular flexibility index (Phi) is 4.70. The second kappa shape index (κ2) is 6.89. The van der Waals surface area contributed by atoms with Gasteiger partial charge in [-0.15, -0.1) is 0 Å². The number of likely N-dealkylation sites (N-methyl/N-ethyl adjacent to an activating group) is 1. The summed E-state index contributed by atoms with van der Waals surface area (Å²) in [6.07, 6.45) is 2.16. The van der Waals surface area contributed by atoms with Crippen molar-refractivity contribution in [2.45, 2.75) is 18.9 Å². The average molecular weight is 316 g/mol. The number of nitrogens with zero attached hydrogens (tertiary/aromatic N) is 2. The molecule has 116 valence electrons. The maximum atomic E-state index is 12.1. The van der Waals surface area contributed by atoms with E-state index in [2.05, 4.69) is 27.0 Å². The largest absolute Gasteiger partial charge is 0.334 e. The molecule has 3 rings (SSSR count). The van der Waals surface area contributed by atoms with E-state index < -0.39 is 0 Å². The van der Waals surface area contributed by atoms with Gasteiger partial charge in [-0.05, 0) is 38.0 Å². The minimum atomic E-state index is -0.149. The number of hydrogen-bond acceptors (Lipinski definition) is 4. The zero-order valence-electron chi connectivity index (χ0n) is 12.6. The molecule has 1 aliphatic rings. The fraction of sp³-hybridized carbons (Fsp3) is 0.375. The van der Waals surface area contributed by atoms with Gasteiger partial charge in [-0.2, -0.15) is 4.37 Å². The molecule has 2 aromatic rings. The quantitative estimate of drug-likeness (QED) is 0.915. The van der Waals surface area contributed by atoms with Crippen molar-refractivity contribution >= 4 is 22.6 Å². The molecule has 5 nitrogen and oxygen atoms in total. The van der Waals surface area contributed by atoms with E-state index in [1.165, 1.54) is 11.5 Å². The van der Waals surface area contributed by atoms with Gasteiger partial charge < -0.3 is 10.2 Å². The Balaban J connectivity index is 1.57. The van der Waals surface area contributed by atoms with Crippen molar-refractivity contribution in [3.05, 3.63) is 36.4 Å². The lowest BCUT2D eigenvalue weighted by Crippen LogP contribution is -2.47. The molecule has 1 saturated heterocycles. The molecule has 1 aliphatic heterocycles. The Morgan fingerprint density at radius 1 is 1.36 bits per heavy atom. The van der Waals surface area contributed by atoms with Crippen LogP contribution in [0.1, 0.15) is 12.8 Å². The monoisotopic (exact) mass is 316 g/mol. The summed E-state index contributed by atoms with van der Waals surface area (Å²) in [7, 11) is 2.08. The van der Waals surface area contributed by atoms with Gasteiger partial charge in [0.05, 0.1) is 5.69 Å². The third kappa shape index (κ3) is 3.84. The SMILES string of the molecule is CN1CCC[C@H](NC(=O)Nc2cc(-c3ccccc3)ns2)C1. The Morgan fingerprint density at radius 2 is 2.18 bits per heavy atom. The fourth-order valence-electron chi connectivity index (χ4n) is 2.70. The van der Waals surface area contributed by atoms with E-state index in [0.717, 1.165) is 42.2 Å². The zero-order valence-corrected chi connectivity index (χ0v) is 13.4. The van der Waals surface area contributed by atoms with Gasteiger partial charge in [0.1, 0.15) is 5.00 Å². The summed E-state index contributed by atoms with van der Waals surface area (Å²) >= 11 is 1.30. The minimum absolute atomic E-state index is 0.149. The predicted molar refractivity (Wildman–Crippen MR) is 90.2 cm³/mol. The van der Waals surface area contributed by atoms with Crippen LogP contribution in [-0.4, -0.2) is 41.5 Å². The molecule has 2 heterocycles. The highest BCUT2D eigenvalue weighted by Crippen LogP contribution is 2.25. The van der Waals surface area contributed by atoms with Crippen LogP contribution in [-0.2, 0) is 0 Å². The third-order valence-corrected chi connectivity index (χ3v) is 4.48. The van der Waals surface area contributed by atoms with Gasteiger partial charge in [-0.3, -0.25) is 5.32 Å². The highest BCUT2D eigenvalue weighted by Gasteiger charge is 2.19. The van der Waals surface area contributed by atoms with Crippen molar-refractivity contribution in [1.29, 1.82) is 0 Å². The Labute approximate surface area is 134 Å². The van der Waals surface area contributed by atoms with Crippen LogP contribution in [0.3, 0.4) is 0 Å². The second-order valence-corrected chi connectivity index (χ2v) is 6.45. The number of benzene rings is 1. The maximum Gasteiger partial charge on any atom is 0.320 e. The van der Waals surface area contributed by atoms with E-state index in [9.17, 15) is 4.79 Å². The number of anilines is 1. The standard InChI is InChI=1S/C16H20N4OS/c1-20-9-5-8-13(11-20)17-16(21)18-15-10-14(19-22-15)12-6-3-2-4-7-12/h2-4,6-7,10,13H,5,8-9,11H2,1H3,(H2,17,18,21)/t13-/m0/s1. The summed E-state index contributed by atoms with van der Waals surface area (Å²) in [6.45, 7) is 2.01. The number of rotatable bonds is 3. The number of urea groups is 1. The molecule has 1 fully saturated rings. The van der Waals surface area contributed by atoms with Crippen LogP contribution >= 0.6 is 11.5 Å². The smallest absolute Gasteiger partial charge is 0.320 e. The fourth-order valence-corrected chi connectivity index (χ4v) is 3.35. The summed E-state index contributed by atoms with van der Waals surface area (Å²) in [5, 5.41) is 6.68. The first-order valence-corrected chi connectivity index (χ1v) is 8.26. The first kappa shape index (κ1) is 15.0. The van der Waals surface area contributed by atoms with Gasteiger partial charge >= 0.3 is 6.03 Å². The minimum Gasteiger partial charge on any atom is -0.334 e. The molecular formula is C16H20N4OS. The lowest BCUT2D eigenvalue weighted by atomic mass is 10.1. The van der Waals surface area contributed by atoms with Gasteiger partial charge in [-0.1, -0.05) is 30.3 Å². The molecule has 2 amide bonds. The summed E-state index contributed by atoms with van der Waals surface area (Å²) in [4.78, 5) is 14.3. The number of hydrogen-bond donors (Lipinski definition) is 2. The molecule has 2 N–H and O–H groups in total. The summed E-state index contributed by atoms with van der Waals surface area (Å²) in [5.74, 6) is 0. The molecule has 0 saturated carbocycles. The number of nitrogens with one attached hydrogen (secondary N) is 2. The topological polar surface area (TPSA) is 57.3 Å². The number of carbonyl (C=O) groups is 1. The van der Waals surface area contributed by atoms with Crippen LogP contribution in [0.2, 0.25) is 0 Å². The molecule has 6 heteroatoms. The van der Waals surface area contributed by atoms with Gasteiger partial charge in [0, 0.05) is 24.2 Å². The number of carbonyl (C=O) groups excluding carboxylic acids is 1. The van der Waals surface area contributed by atoms with E-state index in [1.54, 1.807) is 0 Å². The normalized spacial score (nSPS) is 18.9. The van der Waals surface area contributed by atoms with Crippen molar-refractivity contribution in [1.82, 2.24) is 14.6 Å². The highest BCUT2D eigenvalue weighted by atomic mass is 32.1. The van der Waals surface area contributed by atoms with Crippen molar-refractivity contribution in [3.63, 3.8) is 0 Å². The van der Waals surface area contributed by atoms with E-state index in [4.69, 9.17) is 0 Å². The molecule has 0 aliphatic carbocycles. The molecular weight excluding hydrogens is 296 g/mol. The van der Waals surface area contributed by atoms with Crippen molar-refractivity contribution in [3.8, 4) is 11.3 Å². The van der Waals surface area contributed by atoms with Crippen LogP contribution in [0.15, 0.2) is 36.4 Å². The first-order valence-electron chi connectivity index (χ1n) is 7.49. The predicted octanol–water partition coefficient (Wildman–Crippen LogP) is 3.03. The molecule has 0 radical (unpaired) electrons.